The molecule has 1 aliphatic heterocycles. The van der Waals surface area contributed by atoms with E-state index in [4.69, 9.17) is 9.47 Å². The number of rotatable bonds is 3. The molecule has 0 spiro atoms. The molecule has 0 radical (unpaired) electrons. The predicted molar refractivity (Wildman–Crippen MR) is 77.0 cm³/mol. The van der Waals surface area contributed by atoms with Crippen molar-refractivity contribution in [1.82, 2.24) is 0 Å². The highest BCUT2D eigenvalue weighted by atomic mass is 16.7. The maximum absolute atomic E-state index is 11.9. The van der Waals surface area contributed by atoms with Gasteiger partial charge in [0.2, 0.25) is 0 Å². The number of epoxide rings is 1. The van der Waals surface area contributed by atoms with Gasteiger partial charge in [0.25, 0.3) is 0 Å². The summed E-state index contributed by atoms with van der Waals surface area (Å²) >= 11 is 0. The summed E-state index contributed by atoms with van der Waals surface area (Å²) in [5.74, 6) is -0.337. The number of aryl methyl sites for hydroxylation is 1. The first-order chi connectivity index (χ1) is 10.1. The molecular weight excluding hydrogens is 268 g/mol. The minimum atomic E-state index is -0.968. The Morgan fingerprint density at radius 1 is 1.24 bits per heavy atom. The van der Waals surface area contributed by atoms with Crippen molar-refractivity contribution >= 4 is 5.97 Å². The Labute approximate surface area is 122 Å². The van der Waals surface area contributed by atoms with E-state index in [2.05, 4.69) is 0 Å². The number of hydrogen-bond acceptors (Lipinski definition) is 4. The van der Waals surface area contributed by atoms with Gasteiger partial charge in [0.1, 0.15) is 5.75 Å². The molecule has 1 N–H and O–H groups in total. The van der Waals surface area contributed by atoms with Gasteiger partial charge in [0, 0.05) is 5.56 Å². The Bertz CT molecular complexity index is 680. The summed E-state index contributed by atoms with van der Waals surface area (Å²) in [7, 11) is 1.33. The molecule has 0 aromatic heterocycles. The lowest BCUT2D eigenvalue weighted by Gasteiger charge is -2.16. The molecule has 2 aromatic carbocycles. The number of hydrogen-bond donors (Lipinski definition) is 1. The number of methoxy groups -OCH3 is 1. The monoisotopic (exact) mass is 284 g/mol. The van der Waals surface area contributed by atoms with Crippen LogP contribution in [-0.2, 0) is 19.9 Å². The van der Waals surface area contributed by atoms with Crippen LogP contribution >= 0.6 is 0 Å². The van der Waals surface area contributed by atoms with Gasteiger partial charge in [0.05, 0.1) is 7.11 Å². The third kappa shape index (κ3) is 2.08. The fraction of sp³-hybridized carbons (Fsp3) is 0.235. The maximum atomic E-state index is 11.9. The van der Waals surface area contributed by atoms with Crippen LogP contribution in [0.1, 0.15) is 16.7 Å². The van der Waals surface area contributed by atoms with Crippen molar-refractivity contribution in [1.29, 1.82) is 0 Å². The van der Waals surface area contributed by atoms with E-state index in [-0.39, 0.29) is 5.75 Å². The second-order valence-electron chi connectivity index (χ2n) is 5.14. The predicted octanol–water partition coefficient (Wildman–Crippen LogP) is 2.52. The van der Waals surface area contributed by atoms with Gasteiger partial charge in [-0.2, -0.15) is 0 Å². The lowest BCUT2D eigenvalue weighted by Crippen LogP contribution is -2.22. The van der Waals surface area contributed by atoms with Crippen molar-refractivity contribution in [3.8, 4) is 5.75 Å². The largest absolute Gasteiger partial charge is 0.508 e. The number of ether oxygens (including phenoxy) is 2. The number of benzene rings is 2. The quantitative estimate of drug-likeness (QED) is 0.695. The number of phenols is 1. The molecule has 2 unspecified atom stereocenters. The number of carbonyl (C=O) groups excluding carboxylic acids is 1. The SMILES string of the molecule is COC(=O)C1OC1(c1ccccc1)c1cc(C)ccc1O. The van der Waals surface area contributed by atoms with Crippen molar-refractivity contribution in [3.05, 3.63) is 65.2 Å². The third-order valence-electron chi connectivity index (χ3n) is 3.79. The molecule has 1 saturated heterocycles. The fourth-order valence-corrected chi connectivity index (χ4v) is 2.69. The lowest BCUT2D eigenvalue weighted by molar-refractivity contribution is -0.142. The summed E-state index contributed by atoms with van der Waals surface area (Å²) in [5, 5.41) is 10.2. The molecule has 4 heteroatoms. The Morgan fingerprint density at radius 2 is 1.95 bits per heavy atom. The molecule has 2 aromatic rings. The smallest absolute Gasteiger partial charge is 0.338 e. The molecule has 1 fully saturated rings. The van der Waals surface area contributed by atoms with E-state index in [0.29, 0.717) is 5.56 Å². The zero-order chi connectivity index (χ0) is 15.0. The highest BCUT2D eigenvalue weighted by Crippen LogP contribution is 2.54. The van der Waals surface area contributed by atoms with Crippen LogP contribution in [0.5, 0.6) is 5.75 Å². The van der Waals surface area contributed by atoms with Crippen LogP contribution in [0.2, 0.25) is 0 Å². The Balaban J connectivity index is 2.15. The van der Waals surface area contributed by atoms with Crippen LogP contribution in [0.4, 0.5) is 0 Å². The summed E-state index contributed by atoms with van der Waals surface area (Å²) < 4.78 is 10.5. The molecule has 0 amide bonds. The molecule has 1 aliphatic rings. The fourth-order valence-electron chi connectivity index (χ4n) is 2.69. The van der Waals surface area contributed by atoms with Gasteiger partial charge in [-0.1, -0.05) is 42.0 Å². The average Bonchev–Trinajstić information content (AvgIpc) is 3.26. The normalized spacial score (nSPS) is 23.6. The van der Waals surface area contributed by atoms with E-state index >= 15 is 0 Å². The first-order valence-corrected chi connectivity index (χ1v) is 6.71. The first kappa shape index (κ1) is 13.6. The molecule has 0 bridgehead atoms. The Kier molecular flexibility index (Phi) is 3.18. The number of esters is 1. The molecular formula is C17H16O4. The zero-order valence-electron chi connectivity index (χ0n) is 11.9. The second kappa shape index (κ2) is 4.90. The molecule has 0 saturated carbocycles. The lowest BCUT2D eigenvalue weighted by atomic mass is 9.86. The molecule has 0 aliphatic carbocycles. The van der Waals surface area contributed by atoms with E-state index in [1.54, 1.807) is 6.07 Å². The minimum Gasteiger partial charge on any atom is -0.508 e. The standard InChI is InChI=1S/C17H16O4/c1-11-8-9-14(18)13(10-11)17(12-6-4-3-5-7-12)15(21-17)16(19)20-2/h3-10,15,18H,1-2H3. The Hall–Kier alpha value is -2.33. The highest BCUT2D eigenvalue weighted by Gasteiger charge is 2.65. The van der Waals surface area contributed by atoms with E-state index in [0.717, 1.165) is 11.1 Å². The van der Waals surface area contributed by atoms with Crippen molar-refractivity contribution in [2.24, 2.45) is 0 Å². The average molecular weight is 284 g/mol. The molecule has 3 rings (SSSR count). The van der Waals surface area contributed by atoms with Crippen molar-refractivity contribution < 1.29 is 19.4 Å². The zero-order valence-corrected chi connectivity index (χ0v) is 11.9. The van der Waals surface area contributed by atoms with Gasteiger partial charge < -0.3 is 14.6 Å². The van der Waals surface area contributed by atoms with Gasteiger partial charge in [0.15, 0.2) is 11.7 Å². The van der Waals surface area contributed by atoms with E-state index < -0.39 is 17.7 Å². The number of carbonyl (C=O) groups is 1. The van der Waals surface area contributed by atoms with Gasteiger partial charge in [-0.15, -0.1) is 0 Å². The topological polar surface area (TPSA) is 59.1 Å². The number of aromatic hydroxyl groups is 1. The second-order valence-corrected chi connectivity index (χ2v) is 5.14. The van der Waals surface area contributed by atoms with Crippen molar-refractivity contribution in [3.63, 3.8) is 0 Å². The summed E-state index contributed by atoms with van der Waals surface area (Å²) in [5.41, 5.74) is 1.42. The van der Waals surface area contributed by atoms with Crippen LogP contribution in [0, 0.1) is 6.92 Å². The molecule has 1 heterocycles. The van der Waals surface area contributed by atoms with Gasteiger partial charge in [-0.25, -0.2) is 4.79 Å². The van der Waals surface area contributed by atoms with Gasteiger partial charge in [-0.3, -0.25) is 0 Å². The summed E-state index contributed by atoms with van der Waals surface area (Å²) in [4.78, 5) is 11.9. The summed E-state index contributed by atoms with van der Waals surface area (Å²) in [6, 6.07) is 14.7. The van der Waals surface area contributed by atoms with Crippen LogP contribution in [-0.4, -0.2) is 24.3 Å². The maximum Gasteiger partial charge on any atom is 0.338 e. The van der Waals surface area contributed by atoms with Crippen LogP contribution in [0.15, 0.2) is 48.5 Å². The van der Waals surface area contributed by atoms with Gasteiger partial charge in [-0.05, 0) is 24.6 Å². The van der Waals surface area contributed by atoms with Crippen LogP contribution < -0.4 is 0 Å². The van der Waals surface area contributed by atoms with E-state index in [1.165, 1.54) is 7.11 Å². The highest BCUT2D eigenvalue weighted by molar-refractivity contribution is 5.82. The van der Waals surface area contributed by atoms with E-state index in [9.17, 15) is 9.90 Å². The van der Waals surface area contributed by atoms with E-state index in [1.807, 2.05) is 49.4 Å². The van der Waals surface area contributed by atoms with Crippen LogP contribution in [0.3, 0.4) is 0 Å². The number of phenolic OH excluding ortho intramolecular Hbond substituents is 1. The Morgan fingerprint density at radius 3 is 2.62 bits per heavy atom. The third-order valence-corrected chi connectivity index (χ3v) is 3.79. The minimum absolute atomic E-state index is 0.107. The molecule has 108 valence electrons. The molecule has 4 nitrogen and oxygen atoms in total. The van der Waals surface area contributed by atoms with Crippen molar-refractivity contribution in [2.45, 2.75) is 18.6 Å². The molecule has 21 heavy (non-hydrogen) atoms. The first-order valence-electron chi connectivity index (χ1n) is 6.71. The van der Waals surface area contributed by atoms with Crippen molar-refractivity contribution in [2.75, 3.05) is 7.11 Å². The molecule has 2 atom stereocenters. The summed E-state index contributed by atoms with van der Waals surface area (Å²) in [6.45, 7) is 1.93. The summed E-state index contributed by atoms with van der Waals surface area (Å²) in [6.07, 6.45) is -0.738. The van der Waals surface area contributed by atoms with Gasteiger partial charge >= 0.3 is 5.97 Å². The van der Waals surface area contributed by atoms with Crippen LogP contribution in [0.25, 0.3) is 0 Å².